The van der Waals surface area contributed by atoms with Gasteiger partial charge in [-0.15, -0.1) is 0 Å². The first-order chi connectivity index (χ1) is 8.13. The number of nitrogens with zero attached hydrogens (tertiary/aromatic N) is 3. The summed E-state index contributed by atoms with van der Waals surface area (Å²) in [6.45, 7) is 2.44. The minimum absolute atomic E-state index is 0.209. The van der Waals surface area contributed by atoms with Crippen molar-refractivity contribution in [3.63, 3.8) is 0 Å². The van der Waals surface area contributed by atoms with Gasteiger partial charge in [-0.1, -0.05) is 0 Å². The number of carbonyl (C=O) groups is 1. The van der Waals surface area contributed by atoms with Crippen LogP contribution in [-0.4, -0.2) is 20.5 Å². The number of ketones is 1. The quantitative estimate of drug-likeness (QED) is 0.818. The SMILES string of the molecule is CCn1ncc(Br)c1C(=O)c1cncc(F)c1. The highest BCUT2D eigenvalue weighted by atomic mass is 79.9. The Morgan fingerprint density at radius 3 is 2.88 bits per heavy atom. The summed E-state index contributed by atoms with van der Waals surface area (Å²) in [5.74, 6) is -0.835. The molecule has 0 N–H and O–H groups in total. The van der Waals surface area contributed by atoms with Crippen molar-refractivity contribution in [3.8, 4) is 0 Å². The molecule has 0 radical (unpaired) electrons. The Morgan fingerprint density at radius 1 is 1.47 bits per heavy atom. The van der Waals surface area contributed by atoms with E-state index in [4.69, 9.17) is 0 Å². The van der Waals surface area contributed by atoms with Crippen LogP contribution in [0.5, 0.6) is 0 Å². The lowest BCUT2D eigenvalue weighted by Crippen LogP contribution is -2.11. The maximum atomic E-state index is 13.0. The largest absolute Gasteiger partial charge is 0.287 e. The number of pyridine rings is 1. The van der Waals surface area contributed by atoms with Crippen molar-refractivity contribution < 1.29 is 9.18 Å². The molecular formula is C11H9BrFN3O. The van der Waals surface area contributed by atoms with Gasteiger partial charge in [0.25, 0.3) is 0 Å². The number of aromatic nitrogens is 3. The van der Waals surface area contributed by atoms with Gasteiger partial charge in [-0.2, -0.15) is 5.10 Å². The minimum atomic E-state index is -0.533. The van der Waals surface area contributed by atoms with Crippen molar-refractivity contribution in [2.24, 2.45) is 0 Å². The molecule has 0 amide bonds. The summed E-state index contributed by atoms with van der Waals surface area (Å²) >= 11 is 3.26. The van der Waals surface area contributed by atoms with Crippen molar-refractivity contribution in [1.82, 2.24) is 14.8 Å². The summed E-state index contributed by atoms with van der Waals surface area (Å²) in [6.07, 6.45) is 3.94. The molecule has 0 saturated heterocycles. The van der Waals surface area contributed by atoms with E-state index in [1.54, 1.807) is 10.9 Å². The molecule has 2 aromatic heterocycles. The van der Waals surface area contributed by atoms with Crippen LogP contribution in [0.1, 0.15) is 23.0 Å². The number of hydrogen-bond donors (Lipinski definition) is 0. The van der Waals surface area contributed by atoms with E-state index < -0.39 is 5.82 Å². The molecule has 0 atom stereocenters. The summed E-state index contributed by atoms with van der Waals surface area (Å²) in [7, 11) is 0. The van der Waals surface area contributed by atoms with E-state index >= 15 is 0 Å². The monoisotopic (exact) mass is 297 g/mol. The lowest BCUT2D eigenvalue weighted by molar-refractivity contribution is 0.102. The molecule has 0 spiro atoms. The molecule has 2 heterocycles. The van der Waals surface area contributed by atoms with Gasteiger partial charge in [-0.3, -0.25) is 14.5 Å². The van der Waals surface area contributed by atoms with E-state index in [9.17, 15) is 9.18 Å². The zero-order chi connectivity index (χ0) is 12.4. The highest BCUT2D eigenvalue weighted by Gasteiger charge is 2.18. The number of halogens is 2. The molecule has 88 valence electrons. The van der Waals surface area contributed by atoms with Gasteiger partial charge in [0, 0.05) is 18.3 Å². The van der Waals surface area contributed by atoms with Gasteiger partial charge in [0.1, 0.15) is 11.5 Å². The van der Waals surface area contributed by atoms with Crippen LogP contribution in [0, 0.1) is 5.82 Å². The molecule has 0 saturated carbocycles. The zero-order valence-corrected chi connectivity index (χ0v) is 10.6. The van der Waals surface area contributed by atoms with Gasteiger partial charge >= 0.3 is 0 Å². The Hall–Kier alpha value is -1.56. The van der Waals surface area contributed by atoms with Crippen LogP contribution < -0.4 is 0 Å². The summed E-state index contributed by atoms with van der Waals surface area (Å²) < 4.78 is 15.1. The van der Waals surface area contributed by atoms with Crippen LogP contribution in [0.2, 0.25) is 0 Å². The van der Waals surface area contributed by atoms with Crippen LogP contribution in [-0.2, 0) is 6.54 Å². The molecule has 17 heavy (non-hydrogen) atoms. The van der Waals surface area contributed by atoms with E-state index in [0.717, 1.165) is 12.3 Å². The molecule has 4 nitrogen and oxygen atoms in total. The van der Waals surface area contributed by atoms with Crippen molar-refractivity contribution >= 4 is 21.7 Å². The highest BCUT2D eigenvalue weighted by molar-refractivity contribution is 9.10. The average molecular weight is 298 g/mol. The lowest BCUT2D eigenvalue weighted by atomic mass is 10.1. The fraction of sp³-hybridized carbons (Fsp3) is 0.182. The fourth-order valence-corrected chi connectivity index (χ4v) is 1.98. The Balaban J connectivity index is 2.47. The van der Waals surface area contributed by atoms with Crippen LogP contribution in [0.15, 0.2) is 29.1 Å². The van der Waals surface area contributed by atoms with Gasteiger partial charge in [0.2, 0.25) is 5.78 Å². The van der Waals surface area contributed by atoms with E-state index in [1.165, 1.54) is 6.20 Å². The van der Waals surface area contributed by atoms with Gasteiger partial charge < -0.3 is 0 Å². The first-order valence-corrected chi connectivity index (χ1v) is 5.79. The van der Waals surface area contributed by atoms with E-state index in [2.05, 4.69) is 26.0 Å². The smallest absolute Gasteiger partial charge is 0.213 e. The van der Waals surface area contributed by atoms with E-state index in [1.807, 2.05) is 6.92 Å². The predicted octanol–water partition coefficient (Wildman–Crippen LogP) is 2.43. The zero-order valence-electron chi connectivity index (χ0n) is 9.02. The molecule has 0 aliphatic heterocycles. The minimum Gasteiger partial charge on any atom is -0.287 e. The summed E-state index contributed by atoms with van der Waals surface area (Å²) in [4.78, 5) is 15.8. The highest BCUT2D eigenvalue weighted by Crippen LogP contribution is 2.19. The van der Waals surface area contributed by atoms with E-state index in [-0.39, 0.29) is 11.3 Å². The van der Waals surface area contributed by atoms with Crippen LogP contribution in [0.3, 0.4) is 0 Å². The molecule has 0 aliphatic rings. The maximum absolute atomic E-state index is 13.0. The van der Waals surface area contributed by atoms with Crippen LogP contribution in [0.4, 0.5) is 4.39 Å². The van der Waals surface area contributed by atoms with Gasteiger partial charge in [-0.25, -0.2) is 4.39 Å². The summed E-state index contributed by atoms with van der Waals surface area (Å²) in [5.41, 5.74) is 0.612. The summed E-state index contributed by atoms with van der Waals surface area (Å²) in [5, 5.41) is 4.04. The average Bonchev–Trinajstić information content (AvgIpc) is 2.69. The second-order valence-electron chi connectivity index (χ2n) is 3.38. The standard InChI is InChI=1S/C11H9BrFN3O/c1-2-16-10(9(12)6-15-16)11(17)7-3-8(13)5-14-4-7/h3-6H,2H2,1H3. The third-order valence-electron chi connectivity index (χ3n) is 2.28. The van der Waals surface area contributed by atoms with Gasteiger partial charge in [0.05, 0.1) is 16.9 Å². The Morgan fingerprint density at radius 2 is 2.24 bits per heavy atom. The molecule has 0 aliphatic carbocycles. The molecule has 6 heteroatoms. The maximum Gasteiger partial charge on any atom is 0.213 e. The molecule has 2 rings (SSSR count). The van der Waals surface area contributed by atoms with Crippen molar-refractivity contribution in [2.45, 2.75) is 13.5 Å². The predicted molar refractivity (Wildman–Crippen MR) is 63.2 cm³/mol. The molecule has 0 unspecified atom stereocenters. The molecular weight excluding hydrogens is 289 g/mol. The lowest BCUT2D eigenvalue weighted by Gasteiger charge is -2.04. The number of aryl methyl sites for hydroxylation is 1. The van der Waals surface area contributed by atoms with Crippen molar-refractivity contribution in [3.05, 3.63) is 46.2 Å². The van der Waals surface area contributed by atoms with Gasteiger partial charge in [-0.05, 0) is 28.9 Å². The van der Waals surface area contributed by atoms with Crippen molar-refractivity contribution in [1.29, 1.82) is 0 Å². The Bertz CT molecular complexity index is 568. The fourth-order valence-electron chi connectivity index (χ4n) is 1.50. The topological polar surface area (TPSA) is 47.8 Å². The molecule has 0 aromatic carbocycles. The van der Waals surface area contributed by atoms with Crippen LogP contribution >= 0.6 is 15.9 Å². The van der Waals surface area contributed by atoms with E-state index in [0.29, 0.717) is 16.7 Å². The first-order valence-electron chi connectivity index (χ1n) is 5.00. The Labute approximate surface area is 106 Å². The molecule has 0 fully saturated rings. The number of rotatable bonds is 3. The Kier molecular flexibility index (Phi) is 3.33. The van der Waals surface area contributed by atoms with Crippen LogP contribution in [0.25, 0.3) is 0 Å². The normalized spacial score (nSPS) is 10.5. The molecule has 0 bridgehead atoms. The number of carbonyl (C=O) groups excluding carboxylic acids is 1. The van der Waals surface area contributed by atoms with Gasteiger partial charge in [0.15, 0.2) is 0 Å². The third-order valence-corrected chi connectivity index (χ3v) is 2.86. The first kappa shape index (κ1) is 11.9. The summed E-state index contributed by atoms with van der Waals surface area (Å²) in [6, 6.07) is 1.16. The third kappa shape index (κ3) is 2.26. The second kappa shape index (κ2) is 4.75. The second-order valence-corrected chi connectivity index (χ2v) is 4.23. The van der Waals surface area contributed by atoms with Crippen molar-refractivity contribution in [2.75, 3.05) is 0 Å². The molecule has 2 aromatic rings. The number of hydrogen-bond acceptors (Lipinski definition) is 3.